The highest BCUT2D eigenvalue weighted by atomic mass is 16.7. The van der Waals surface area contributed by atoms with Gasteiger partial charge in [0.15, 0.2) is 0 Å². The Bertz CT molecular complexity index is 623. The van der Waals surface area contributed by atoms with Crippen LogP contribution < -0.4 is 0 Å². The van der Waals surface area contributed by atoms with Gasteiger partial charge >= 0.3 is 13.1 Å². The predicted molar refractivity (Wildman–Crippen MR) is 101 cm³/mol. The van der Waals surface area contributed by atoms with Gasteiger partial charge in [0.05, 0.1) is 16.6 Å². The first-order valence-electron chi connectivity index (χ1n) is 8.71. The number of benzene rings is 1. The quantitative estimate of drug-likeness (QED) is 0.599. The Hall–Kier alpha value is -1.59. The van der Waals surface area contributed by atoms with E-state index in [1.165, 1.54) is 0 Å². The van der Waals surface area contributed by atoms with Crippen LogP contribution in [0.25, 0.3) is 6.08 Å². The van der Waals surface area contributed by atoms with Crippen molar-refractivity contribution in [1.82, 2.24) is 0 Å². The van der Waals surface area contributed by atoms with E-state index in [-0.39, 0.29) is 30.9 Å². The Morgan fingerprint density at radius 1 is 1.08 bits per heavy atom. The van der Waals surface area contributed by atoms with E-state index in [0.29, 0.717) is 0 Å². The maximum absolute atomic E-state index is 11.8. The van der Waals surface area contributed by atoms with Crippen LogP contribution in [0, 0.1) is 5.41 Å². The molecule has 136 valence electrons. The minimum absolute atomic E-state index is 0.197. The molecule has 0 atom stereocenters. The molecule has 0 spiro atoms. The van der Waals surface area contributed by atoms with E-state index >= 15 is 0 Å². The number of rotatable bonds is 4. The highest BCUT2D eigenvalue weighted by Gasteiger charge is 2.49. The number of hydrogen-bond acceptors (Lipinski definition) is 4. The summed E-state index contributed by atoms with van der Waals surface area (Å²) in [6, 6.07) is 7.89. The van der Waals surface area contributed by atoms with Crippen LogP contribution >= 0.6 is 0 Å². The van der Waals surface area contributed by atoms with Gasteiger partial charge in [0.1, 0.15) is 6.61 Å². The second-order valence-electron chi connectivity index (χ2n) is 8.55. The Balaban J connectivity index is 1.92. The smallest absolute Gasteiger partial charge is 0.460 e. The summed E-state index contributed by atoms with van der Waals surface area (Å²) in [6.45, 7) is 14.0. The average Bonchev–Trinajstić information content (AvgIpc) is 2.70. The molecule has 1 aliphatic heterocycles. The lowest BCUT2D eigenvalue weighted by molar-refractivity contribution is -0.154. The molecular weight excluding hydrogens is 315 g/mol. The molecule has 25 heavy (non-hydrogen) atoms. The van der Waals surface area contributed by atoms with Gasteiger partial charge in [-0.1, -0.05) is 36.3 Å². The van der Waals surface area contributed by atoms with Gasteiger partial charge in [-0.25, -0.2) is 0 Å². The van der Waals surface area contributed by atoms with Gasteiger partial charge in [-0.15, -0.1) is 0 Å². The van der Waals surface area contributed by atoms with Crippen molar-refractivity contribution < 1.29 is 18.8 Å². The summed E-state index contributed by atoms with van der Waals surface area (Å²) in [5.74, 6) is 1.72. The zero-order valence-corrected chi connectivity index (χ0v) is 16.4. The minimum atomic E-state index is -0.481. The van der Waals surface area contributed by atoms with Crippen LogP contribution in [0.4, 0.5) is 0 Å². The molecular formula is C20H29BO4. The van der Waals surface area contributed by atoms with E-state index in [2.05, 4.69) is 0 Å². The Morgan fingerprint density at radius 2 is 1.60 bits per heavy atom. The molecule has 0 N–H and O–H groups in total. The van der Waals surface area contributed by atoms with Crippen molar-refractivity contribution in [1.29, 1.82) is 0 Å². The standard InChI is InChI=1S/C20H29BO4/c1-18(2,3)17(22)23-14-16-10-8-15(9-11-16)12-13-21-24-19(4,5)20(6,7)25-21/h8-13H,14H2,1-7H3/b13-12+. The normalized spacial score (nSPS) is 19.4. The molecule has 0 aromatic heterocycles. The lowest BCUT2D eigenvalue weighted by atomic mass is 9.89. The van der Waals surface area contributed by atoms with Crippen molar-refractivity contribution in [3.05, 3.63) is 41.4 Å². The molecule has 2 rings (SSSR count). The maximum atomic E-state index is 11.8. The van der Waals surface area contributed by atoms with Crippen LogP contribution in [0.1, 0.15) is 59.6 Å². The number of carbonyl (C=O) groups is 1. The van der Waals surface area contributed by atoms with Crippen LogP contribution in [-0.4, -0.2) is 24.3 Å². The van der Waals surface area contributed by atoms with Gasteiger partial charge in [0, 0.05) is 0 Å². The van der Waals surface area contributed by atoms with E-state index in [1.807, 2.05) is 84.8 Å². The number of esters is 1. The van der Waals surface area contributed by atoms with Crippen LogP contribution in [-0.2, 0) is 25.4 Å². The van der Waals surface area contributed by atoms with E-state index in [4.69, 9.17) is 14.0 Å². The van der Waals surface area contributed by atoms with Crippen molar-refractivity contribution in [2.75, 3.05) is 0 Å². The summed E-state index contributed by atoms with van der Waals surface area (Å²) in [5, 5.41) is 0. The molecule has 4 nitrogen and oxygen atoms in total. The lowest BCUT2D eigenvalue weighted by Crippen LogP contribution is -2.41. The Morgan fingerprint density at radius 3 is 2.08 bits per heavy atom. The van der Waals surface area contributed by atoms with Gasteiger partial charge in [-0.3, -0.25) is 4.79 Å². The second kappa shape index (κ2) is 6.97. The predicted octanol–water partition coefficient (Wildman–Crippen LogP) is 4.42. The molecule has 0 aliphatic carbocycles. The van der Waals surface area contributed by atoms with Gasteiger partial charge in [0.25, 0.3) is 0 Å². The zero-order chi connectivity index (χ0) is 18.9. The average molecular weight is 344 g/mol. The molecule has 0 unspecified atom stereocenters. The Labute approximate surface area is 151 Å². The molecule has 0 saturated carbocycles. The van der Waals surface area contributed by atoms with Crippen molar-refractivity contribution in [2.24, 2.45) is 5.41 Å². The Kier molecular flexibility index (Phi) is 5.50. The maximum Gasteiger partial charge on any atom is 0.487 e. The molecule has 0 radical (unpaired) electrons. The molecule has 1 aliphatic rings. The fourth-order valence-electron chi connectivity index (χ4n) is 2.25. The molecule has 0 amide bonds. The summed E-state index contributed by atoms with van der Waals surface area (Å²) in [5.41, 5.74) is 0.864. The third-order valence-electron chi connectivity index (χ3n) is 4.68. The molecule has 1 fully saturated rings. The SMILES string of the molecule is CC(C)(C)C(=O)OCc1ccc(/C=C/B2OC(C)(C)C(C)(C)O2)cc1. The third kappa shape index (κ3) is 4.96. The van der Waals surface area contributed by atoms with Crippen LogP contribution in [0.2, 0.25) is 0 Å². The molecule has 0 bridgehead atoms. The first-order valence-corrected chi connectivity index (χ1v) is 8.71. The molecule has 1 heterocycles. The fraction of sp³-hybridized carbons (Fsp3) is 0.550. The lowest BCUT2D eigenvalue weighted by Gasteiger charge is -2.32. The third-order valence-corrected chi connectivity index (χ3v) is 4.68. The van der Waals surface area contributed by atoms with Crippen LogP contribution in [0.3, 0.4) is 0 Å². The highest BCUT2D eigenvalue weighted by molar-refractivity contribution is 6.52. The summed E-state index contributed by atoms with van der Waals surface area (Å²) in [6.07, 6.45) is 1.98. The van der Waals surface area contributed by atoms with E-state index in [0.717, 1.165) is 11.1 Å². The summed E-state index contributed by atoms with van der Waals surface area (Å²) < 4.78 is 17.2. The van der Waals surface area contributed by atoms with Crippen LogP contribution in [0.5, 0.6) is 0 Å². The first-order chi connectivity index (χ1) is 11.4. The zero-order valence-electron chi connectivity index (χ0n) is 16.4. The summed E-state index contributed by atoms with van der Waals surface area (Å²) in [4.78, 5) is 11.8. The van der Waals surface area contributed by atoms with Gasteiger partial charge < -0.3 is 14.0 Å². The van der Waals surface area contributed by atoms with Crippen LogP contribution in [0.15, 0.2) is 30.2 Å². The van der Waals surface area contributed by atoms with Crippen molar-refractivity contribution in [2.45, 2.75) is 66.3 Å². The number of ether oxygens (including phenoxy) is 1. The van der Waals surface area contributed by atoms with E-state index in [1.54, 1.807) is 0 Å². The van der Waals surface area contributed by atoms with E-state index in [9.17, 15) is 4.79 Å². The summed E-state index contributed by atoms with van der Waals surface area (Å²) in [7, 11) is -0.350. The fourth-order valence-corrected chi connectivity index (χ4v) is 2.25. The number of hydrogen-bond donors (Lipinski definition) is 0. The second-order valence-corrected chi connectivity index (χ2v) is 8.55. The minimum Gasteiger partial charge on any atom is -0.460 e. The molecule has 1 aromatic rings. The van der Waals surface area contributed by atoms with Crippen molar-refractivity contribution in [3.63, 3.8) is 0 Å². The van der Waals surface area contributed by atoms with Crippen molar-refractivity contribution in [3.8, 4) is 0 Å². The molecule has 1 saturated heterocycles. The van der Waals surface area contributed by atoms with Crippen molar-refractivity contribution >= 4 is 19.2 Å². The monoisotopic (exact) mass is 344 g/mol. The summed E-state index contributed by atoms with van der Waals surface area (Å²) >= 11 is 0. The molecule has 5 heteroatoms. The van der Waals surface area contributed by atoms with E-state index < -0.39 is 5.41 Å². The van der Waals surface area contributed by atoms with Gasteiger partial charge in [0.2, 0.25) is 0 Å². The largest absolute Gasteiger partial charge is 0.487 e. The molecule has 1 aromatic carbocycles. The topological polar surface area (TPSA) is 44.8 Å². The number of carbonyl (C=O) groups excluding carboxylic acids is 1. The van der Waals surface area contributed by atoms with Gasteiger partial charge in [-0.05, 0) is 59.6 Å². The first kappa shape index (κ1) is 19.7. The highest BCUT2D eigenvalue weighted by Crippen LogP contribution is 2.37. The van der Waals surface area contributed by atoms with Gasteiger partial charge in [-0.2, -0.15) is 0 Å².